The summed E-state index contributed by atoms with van der Waals surface area (Å²) in [6.07, 6.45) is 0.533. The Morgan fingerprint density at radius 2 is 2.11 bits per heavy atom. The number of rotatable bonds is 5. The van der Waals surface area contributed by atoms with Crippen molar-refractivity contribution in [3.05, 3.63) is 63.2 Å². The van der Waals surface area contributed by atoms with E-state index in [0.29, 0.717) is 19.5 Å². The number of carboxylic acid groups (broad SMARTS) is 1. The minimum Gasteiger partial charge on any atom is -0.481 e. The van der Waals surface area contributed by atoms with E-state index in [1.54, 1.807) is 0 Å². The van der Waals surface area contributed by atoms with Gasteiger partial charge in [-0.25, -0.2) is 0 Å². The fourth-order valence-corrected chi connectivity index (χ4v) is 3.59. The second-order valence-electron chi connectivity index (χ2n) is 7.17. The van der Waals surface area contributed by atoms with Crippen LogP contribution in [0.15, 0.2) is 35.1 Å². The molecule has 140 valence electrons. The first-order valence-electron chi connectivity index (χ1n) is 9.10. The average Bonchev–Trinajstić information content (AvgIpc) is 3.03. The molecule has 0 radical (unpaired) electrons. The Labute approximate surface area is 156 Å². The molecule has 1 aliphatic rings. The molecule has 0 saturated heterocycles. The molecule has 3 aromatic rings. The first kappa shape index (κ1) is 17.5. The Bertz CT molecular complexity index is 1070. The van der Waals surface area contributed by atoms with Crippen molar-refractivity contribution < 1.29 is 9.90 Å². The Morgan fingerprint density at radius 1 is 1.26 bits per heavy atom. The number of H-pyrrole nitrogens is 1. The second-order valence-corrected chi connectivity index (χ2v) is 7.17. The SMILES string of the molecule is Cc1ccc2cc(CN3CCn4nc(CCC(=O)O)cc4C3)c(=O)[nH]c2c1. The van der Waals surface area contributed by atoms with Gasteiger partial charge in [0.2, 0.25) is 0 Å². The maximum Gasteiger partial charge on any atom is 0.303 e. The summed E-state index contributed by atoms with van der Waals surface area (Å²) in [5, 5.41) is 14.3. The fraction of sp³-hybridized carbons (Fsp3) is 0.350. The molecule has 0 bridgehead atoms. The second kappa shape index (κ2) is 7.00. The molecule has 1 aliphatic heterocycles. The van der Waals surface area contributed by atoms with E-state index in [-0.39, 0.29) is 12.0 Å². The van der Waals surface area contributed by atoms with E-state index in [2.05, 4.69) is 15.0 Å². The lowest BCUT2D eigenvalue weighted by Gasteiger charge is -2.27. The van der Waals surface area contributed by atoms with E-state index in [1.807, 2.05) is 41.9 Å². The van der Waals surface area contributed by atoms with Gasteiger partial charge >= 0.3 is 5.97 Å². The molecule has 27 heavy (non-hydrogen) atoms. The van der Waals surface area contributed by atoms with Crippen LogP contribution < -0.4 is 5.56 Å². The number of aliphatic carboxylic acids is 1. The highest BCUT2D eigenvalue weighted by atomic mass is 16.4. The van der Waals surface area contributed by atoms with Gasteiger partial charge < -0.3 is 10.1 Å². The maximum absolute atomic E-state index is 12.5. The highest BCUT2D eigenvalue weighted by Crippen LogP contribution is 2.18. The summed E-state index contributed by atoms with van der Waals surface area (Å²) in [4.78, 5) is 28.4. The summed E-state index contributed by atoms with van der Waals surface area (Å²) in [5.41, 5.74) is 4.57. The number of hydrogen-bond acceptors (Lipinski definition) is 4. The van der Waals surface area contributed by atoms with Gasteiger partial charge in [-0.15, -0.1) is 0 Å². The van der Waals surface area contributed by atoms with Crippen molar-refractivity contribution in [3.63, 3.8) is 0 Å². The zero-order valence-corrected chi connectivity index (χ0v) is 15.2. The summed E-state index contributed by atoms with van der Waals surface area (Å²) < 4.78 is 1.95. The molecule has 0 spiro atoms. The lowest BCUT2D eigenvalue weighted by atomic mass is 10.1. The van der Waals surface area contributed by atoms with Crippen LogP contribution in [0.4, 0.5) is 0 Å². The molecule has 3 heterocycles. The van der Waals surface area contributed by atoms with Crippen LogP contribution in [0.25, 0.3) is 10.9 Å². The fourth-order valence-electron chi connectivity index (χ4n) is 3.59. The lowest BCUT2D eigenvalue weighted by Crippen LogP contribution is -2.34. The van der Waals surface area contributed by atoms with Crippen LogP contribution in [-0.2, 0) is 30.8 Å². The van der Waals surface area contributed by atoms with Gasteiger partial charge in [-0.3, -0.25) is 19.2 Å². The quantitative estimate of drug-likeness (QED) is 0.721. The molecule has 4 rings (SSSR count). The normalized spacial score (nSPS) is 14.4. The third kappa shape index (κ3) is 3.78. The number of fused-ring (bicyclic) bond motifs is 2. The number of aryl methyl sites for hydroxylation is 2. The molecular weight excluding hydrogens is 344 g/mol. The van der Waals surface area contributed by atoms with Crippen LogP contribution in [0.2, 0.25) is 0 Å². The zero-order chi connectivity index (χ0) is 19.0. The van der Waals surface area contributed by atoms with Crippen molar-refractivity contribution in [2.45, 2.75) is 39.4 Å². The van der Waals surface area contributed by atoms with Crippen LogP contribution in [0, 0.1) is 6.92 Å². The van der Waals surface area contributed by atoms with Gasteiger partial charge in [0.1, 0.15) is 0 Å². The van der Waals surface area contributed by atoms with E-state index >= 15 is 0 Å². The van der Waals surface area contributed by atoms with E-state index in [4.69, 9.17) is 5.11 Å². The maximum atomic E-state index is 12.5. The molecule has 2 N–H and O–H groups in total. The Morgan fingerprint density at radius 3 is 2.93 bits per heavy atom. The largest absolute Gasteiger partial charge is 0.481 e. The van der Waals surface area contributed by atoms with Crippen molar-refractivity contribution in [2.24, 2.45) is 0 Å². The summed E-state index contributed by atoms with van der Waals surface area (Å²) in [7, 11) is 0. The molecule has 0 aliphatic carbocycles. The Kier molecular flexibility index (Phi) is 4.53. The summed E-state index contributed by atoms with van der Waals surface area (Å²) in [5.74, 6) is -0.812. The molecule has 2 aromatic heterocycles. The molecule has 0 amide bonds. The molecule has 0 unspecified atom stereocenters. The predicted molar refractivity (Wildman–Crippen MR) is 102 cm³/mol. The van der Waals surface area contributed by atoms with Gasteiger partial charge in [-0.2, -0.15) is 5.10 Å². The Hall–Kier alpha value is -2.93. The third-order valence-corrected chi connectivity index (χ3v) is 4.99. The number of nitrogens with one attached hydrogen (secondary N) is 1. The summed E-state index contributed by atoms with van der Waals surface area (Å²) in [6.45, 7) is 4.83. The van der Waals surface area contributed by atoms with Crippen molar-refractivity contribution >= 4 is 16.9 Å². The monoisotopic (exact) mass is 366 g/mol. The first-order chi connectivity index (χ1) is 13.0. The molecular formula is C20H22N4O3. The highest BCUT2D eigenvalue weighted by molar-refractivity contribution is 5.79. The summed E-state index contributed by atoms with van der Waals surface area (Å²) in [6, 6.07) is 10.0. The van der Waals surface area contributed by atoms with E-state index in [1.165, 1.54) is 0 Å². The van der Waals surface area contributed by atoms with Crippen LogP contribution in [-0.4, -0.2) is 37.3 Å². The van der Waals surface area contributed by atoms with Crippen LogP contribution >= 0.6 is 0 Å². The van der Waals surface area contributed by atoms with Gasteiger partial charge in [0.25, 0.3) is 5.56 Å². The third-order valence-electron chi connectivity index (χ3n) is 4.99. The number of hydrogen-bond donors (Lipinski definition) is 2. The molecule has 7 nitrogen and oxygen atoms in total. The smallest absolute Gasteiger partial charge is 0.303 e. The zero-order valence-electron chi connectivity index (χ0n) is 15.2. The number of carboxylic acids is 1. The standard InChI is InChI=1S/C20H22N4O3/c1-13-2-3-14-9-15(20(27)21-18(14)8-13)11-23-6-7-24-17(12-23)10-16(22-24)4-5-19(25)26/h2-3,8-10H,4-7,11-12H2,1H3,(H,21,27)(H,25,26). The molecule has 1 aromatic carbocycles. The van der Waals surface area contributed by atoms with Crippen LogP contribution in [0.1, 0.15) is 28.9 Å². The van der Waals surface area contributed by atoms with E-state index in [9.17, 15) is 9.59 Å². The van der Waals surface area contributed by atoms with E-state index < -0.39 is 5.97 Å². The highest BCUT2D eigenvalue weighted by Gasteiger charge is 2.19. The van der Waals surface area contributed by atoms with E-state index in [0.717, 1.165) is 46.5 Å². The lowest BCUT2D eigenvalue weighted by molar-refractivity contribution is -0.136. The minimum absolute atomic E-state index is 0.0469. The van der Waals surface area contributed by atoms with Gasteiger partial charge in [0.15, 0.2) is 0 Å². The molecule has 7 heteroatoms. The van der Waals surface area contributed by atoms with Crippen LogP contribution in [0.3, 0.4) is 0 Å². The van der Waals surface area contributed by atoms with Gasteiger partial charge in [0.05, 0.1) is 24.4 Å². The van der Waals surface area contributed by atoms with Gasteiger partial charge in [-0.05, 0) is 36.1 Å². The van der Waals surface area contributed by atoms with Crippen molar-refractivity contribution in [3.8, 4) is 0 Å². The minimum atomic E-state index is -0.812. The Balaban J connectivity index is 1.50. The first-order valence-corrected chi connectivity index (χ1v) is 9.10. The predicted octanol–water partition coefficient (Wildman–Crippen LogP) is 2.07. The number of nitrogens with zero attached hydrogens (tertiary/aromatic N) is 3. The van der Waals surface area contributed by atoms with Crippen molar-refractivity contribution in [1.29, 1.82) is 0 Å². The van der Waals surface area contributed by atoms with Gasteiger partial charge in [0, 0.05) is 37.1 Å². The number of pyridine rings is 1. The topological polar surface area (TPSA) is 91.2 Å². The van der Waals surface area contributed by atoms with Crippen molar-refractivity contribution in [1.82, 2.24) is 19.7 Å². The molecule has 0 fully saturated rings. The molecule has 0 saturated carbocycles. The average molecular weight is 366 g/mol. The number of carbonyl (C=O) groups is 1. The van der Waals surface area contributed by atoms with Gasteiger partial charge in [-0.1, -0.05) is 12.1 Å². The number of aromatic amines is 1. The number of benzene rings is 1. The molecule has 0 atom stereocenters. The van der Waals surface area contributed by atoms with Crippen LogP contribution in [0.5, 0.6) is 0 Å². The number of aromatic nitrogens is 3. The van der Waals surface area contributed by atoms with Crippen molar-refractivity contribution in [2.75, 3.05) is 6.54 Å². The summed E-state index contributed by atoms with van der Waals surface area (Å²) >= 11 is 0.